The Kier molecular flexibility index (Phi) is 6.06. The van der Waals surface area contributed by atoms with Crippen LogP contribution in [0.3, 0.4) is 0 Å². The van der Waals surface area contributed by atoms with Crippen molar-refractivity contribution in [3.05, 3.63) is 34.9 Å². The van der Waals surface area contributed by atoms with Crippen molar-refractivity contribution in [1.29, 1.82) is 0 Å². The van der Waals surface area contributed by atoms with Crippen LogP contribution in [0.5, 0.6) is 0 Å². The normalized spacial score (nSPS) is 18.9. The molecule has 1 saturated heterocycles. The Morgan fingerprint density at radius 1 is 1.30 bits per heavy atom. The van der Waals surface area contributed by atoms with E-state index in [4.69, 9.17) is 0 Å². The molecule has 2 rings (SSSR count). The zero-order valence-corrected chi connectivity index (χ0v) is 13.4. The molecule has 1 aliphatic rings. The highest BCUT2D eigenvalue weighted by Crippen LogP contribution is 2.16. The van der Waals surface area contributed by atoms with Crippen molar-refractivity contribution in [2.24, 2.45) is 0 Å². The van der Waals surface area contributed by atoms with E-state index in [0.29, 0.717) is 6.04 Å². The molecular weight excluding hydrogens is 244 g/mol. The van der Waals surface area contributed by atoms with Crippen molar-refractivity contribution in [2.45, 2.75) is 59.0 Å². The molecule has 112 valence electrons. The lowest BCUT2D eigenvalue weighted by atomic mass is 10.0. The highest BCUT2D eigenvalue weighted by atomic mass is 15.1. The minimum atomic E-state index is 0.706. The zero-order valence-electron chi connectivity index (χ0n) is 13.4. The summed E-state index contributed by atoms with van der Waals surface area (Å²) in [6, 6.07) is 7.54. The summed E-state index contributed by atoms with van der Waals surface area (Å²) in [5, 5.41) is 3.63. The number of hydrogen-bond donors (Lipinski definition) is 1. The number of nitrogens with zero attached hydrogens (tertiary/aromatic N) is 1. The Hall–Kier alpha value is -0.860. The maximum absolute atomic E-state index is 3.63. The number of unbranched alkanes of at least 4 members (excludes halogenated alkanes) is 1. The minimum Gasteiger partial charge on any atom is -0.313 e. The van der Waals surface area contributed by atoms with Gasteiger partial charge in [0.05, 0.1) is 0 Å². The first-order chi connectivity index (χ1) is 9.69. The summed E-state index contributed by atoms with van der Waals surface area (Å²) in [6.45, 7) is 11.4. The maximum Gasteiger partial charge on any atom is 0.0237 e. The summed E-state index contributed by atoms with van der Waals surface area (Å²) in [4.78, 5) is 2.65. The fourth-order valence-corrected chi connectivity index (χ4v) is 3.05. The van der Waals surface area contributed by atoms with Gasteiger partial charge < -0.3 is 5.32 Å². The number of rotatable bonds is 7. The van der Waals surface area contributed by atoms with E-state index in [1.807, 2.05) is 0 Å². The number of nitrogens with one attached hydrogen (secondary N) is 1. The summed E-state index contributed by atoms with van der Waals surface area (Å²) in [6.07, 6.45) is 5.27. The first-order valence-electron chi connectivity index (χ1n) is 8.21. The van der Waals surface area contributed by atoms with Gasteiger partial charge in [0.25, 0.3) is 0 Å². The Labute approximate surface area is 124 Å². The second-order valence-electron chi connectivity index (χ2n) is 6.31. The van der Waals surface area contributed by atoms with Crippen LogP contribution in [0.4, 0.5) is 0 Å². The monoisotopic (exact) mass is 274 g/mol. The molecule has 1 N–H and O–H groups in total. The molecule has 0 spiro atoms. The smallest absolute Gasteiger partial charge is 0.0237 e. The van der Waals surface area contributed by atoms with Crippen LogP contribution < -0.4 is 5.32 Å². The molecule has 0 bridgehead atoms. The highest BCUT2D eigenvalue weighted by molar-refractivity contribution is 5.30. The molecule has 0 aliphatic carbocycles. The van der Waals surface area contributed by atoms with Gasteiger partial charge in [0.1, 0.15) is 0 Å². The average Bonchev–Trinajstić information content (AvgIpc) is 2.93. The van der Waals surface area contributed by atoms with E-state index in [1.165, 1.54) is 62.0 Å². The fraction of sp³-hybridized carbons (Fsp3) is 0.667. The van der Waals surface area contributed by atoms with Crippen molar-refractivity contribution in [3.8, 4) is 0 Å². The molecule has 1 aromatic rings. The van der Waals surface area contributed by atoms with E-state index in [2.05, 4.69) is 49.2 Å². The molecule has 1 heterocycles. The van der Waals surface area contributed by atoms with Crippen LogP contribution in [0.1, 0.15) is 49.3 Å². The Morgan fingerprint density at radius 2 is 2.15 bits per heavy atom. The van der Waals surface area contributed by atoms with E-state index in [-0.39, 0.29) is 0 Å². The molecule has 1 atom stereocenters. The molecule has 1 aliphatic heterocycles. The molecular formula is C18H30N2. The Bertz CT molecular complexity index is 408. The van der Waals surface area contributed by atoms with Gasteiger partial charge in [-0.25, -0.2) is 0 Å². The van der Waals surface area contributed by atoms with E-state index in [9.17, 15) is 0 Å². The van der Waals surface area contributed by atoms with Crippen molar-refractivity contribution < 1.29 is 0 Å². The molecule has 0 amide bonds. The second-order valence-corrected chi connectivity index (χ2v) is 6.31. The lowest BCUT2D eigenvalue weighted by molar-refractivity contribution is 0.237. The van der Waals surface area contributed by atoms with E-state index in [1.54, 1.807) is 0 Å². The molecule has 1 aromatic carbocycles. The summed E-state index contributed by atoms with van der Waals surface area (Å²) in [7, 11) is 0. The van der Waals surface area contributed by atoms with Crippen LogP contribution in [-0.4, -0.2) is 30.6 Å². The molecule has 0 radical (unpaired) electrons. The van der Waals surface area contributed by atoms with Gasteiger partial charge in [-0.15, -0.1) is 0 Å². The lowest BCUT2D eigenvalue weighted by Gasteiger charge is -2.26. The van der Waals surface area contributed by atoms with Crippen molar-refractivity contribution >= 4 is 0 Å². The fourth-order valence-electron chi connectivity index (χ4n) is 3.05. The van der Waals surface area contributed by atoms with E-state index < -0.39 is 0 Å². The Balaban J connectivity index is 1.99. The van der Waals surface area contributed by atoms with Gasteiger partial charge in [0.2, 0.25) is 0 Å². The summed E-state index contributed by atoms with van der Waals surface area (Å²) in [5.74, 6) is 0. The molecule has 0 saturated carbocycles. The van der Waals surface area contributed by atoms with Crippen LogP contribution >= 0.6 is 0 Å². The second kappa shape index (κ2) is 7.80. The van der Waals surface area contributed by atoms with Gasteiger partial charge >= 0.3 is 0 Å². The predicted molar refractivity (Wildman–Crippen MR) is 87.1 cm³/mol. The van der Waals surface area contributed by atoms with Crippen molar-refractivity contribution in [1.82, 2.24) is 10.2 Å². The first-order valence-corrected chi connectivity index (χ1v) is 8.21. The molecule has 1 fully saturated rings. The Morgan fingerprint density at radius 3 is 2.85 bits per heavy atom. The molecule has 2 nitrogen and oxygen atoms in total. The third kappa shape index (κ3) is 4.60. The number of hydrogen-bond acceptors (Lipinski definition) is 2. The largest absolute Gasteiger partial charge is 0.313 e. The zero-order chi connectivity index (χ0) is 14.4. The highest BCUT2D eigenvalue weighted by Gasteiger charge is 2.18. The van der Waals surface area contributed by atoms with Gasteiger partial charge in [-0.05, 0) is 57.3 Å². The van der Waals surface area contributed by atoms with Gasteiger partial charge in [0.15, 0.2) is 0 Å². The van der Waals surface area contributed by atoms with Gasteiger partial charge in [-0.1, -0.05) is 37.1 Å². The molecule has 0 aromatic heterocycles. The average molecular weight is 274 g/mol. The van der Waals surface area contributed by atoms with Crippen LogP contribution in [0.15, 0.2) is 18.2 Å². The van der Waals surface area contributed by atoms with E-state index >= 15 is 0 Å². The van der Waals surface area contributed by atoms with Gasteiger partial charge in [-0.2, -0.15) is 0 Å². The number of aryl methyl sites for hydroxylation is 2. The third-order valence-electron chi connectivity index (χ3n) is 4.37. The topological polar surface area (TPSA) is 15.3 Å². The third-order valence-corrected chi connectivity index (χ3v) is 4.37. The lowest BCUT2D eigenvalue weighted by Crippen LogP contribution is -2.37. The molecule has 20 heavy (non-hydrogen) atoms. The summed E-state index contributed by atoms with van der Waals surface area (Å²) < 4.78 is 0. The molecule has 1 unspecified atom stereocenters. The number of benzene rings is 1. The SMILES string of the molecule is CCCCN(Cc1cc(C)ccc1C)CC1CCCN1. The standard InChI is InChI=1S/C18H30N2/c1-4-5-11-20(14-18-7-6-10-19-18)13-17-12-15(2)8-9-16(17)3/h8-9,12,18-19H,4-7,10-11,13-14H2,1-3H3. The quantitative estimate of drug-likeness (QED) is 0.816. The predicted octanol–water partition coefficient (Wildman–Crippen LogP) is 3.66. The summed E-state index contributed by atoms with van der Waals surface area (Å²) in [5.41, 5.74) is 4.30. The minimum absolute atomic E-state index is 0.706. The van der Waals surface area contributed by atoms with Crippen molar-refractivity contribution in [3.63, 3.8) is 0 Å². The van der Waals surface area contributed by atoms with Crippen molar-refractivity contribution in [2.75, 3.05) is 19.6 Å². The summed E-state index contributed by atoms with van der Waals surface area (Å²) >= 11 is 0. The van der Waals surface area contributed by atoms with Gasteiger partial charge in [-0.3, -0.25) is 4.90 Å². The van der Waals surface area contributed by atoms with E-state index in [0.717, 1.165) is 6.54 Å². The first kappa shape index (κ1) is 15.5. The molecule has 2 heteroatoms. The van der Waals surface area contributed by atoms with Crippen LogP contribution in [0.25, 0.3) is 0 Å². The van der Waals surface area contributed by atoms with Gasteiger partial charge in [0, 0.05) is 19.1 Å². The van der Waals surface area contributed by atoms with Crippen LogP contribution in [0.2, 0.25) is 0 Å². The maximum atomic E-state index is 3.63. The van der Waals surface area contributed by atoms with Crippen LogP contribution in [0, 0.1) is 13.8 Å². The van der Waals surface area contributed by atoms with Crippen LogP contribution in [-0.2, 0) is 6.54 Å².